The first kappa shape index (κ1) is 102. The lowest BCUT2D eigenvalue weighted by atomic mass is 9.88. The molecule has 0 aromatic heterocycles. The first-order valence-corrected chi connectivity index (χ1v) is 46.6. The molecule has 0 aliphatic carbocycles. The highest BCUT2D eigenvalue weighted by Gasteiger charge is 2.19. The molecule has 0 aliphatic rings. The summed E-state index contributed by atoms with van der Waals surface area (Å²) in [6.45, 7) is 45.1. The molecule has 630 valence electrons. The van der Waals surface area contributed by atoms with Gasteiger partial charge in [0.25, 0.3) is 0 Å². The van der Waals surface area contributed by atoms with Gasteiger partial charge in [0, 0.05) is 38.3 Å². The largest absolute Gasteiger partial charge is 0.379 e. The predicted octanol–water partition coefficient (Wildman–Crippen LogP) is 29.2. The van der Waals surface area contributed by atoms with Gasteiger partial charge in [-0.2, -0.15) is 0 Å². The van der Waals surface area contributed by atoms with Crippen molar-refractivity contribution in [3.8, 4) is 0 Å². The normalized spacial score (nSPS) is 17.1. The van der Waals surface area contributed by atoms with E-state index in [1.165, 1.54) is 242 Å². The molecule has 0 aliphatic heterocycles. The first-order chi connectivity index (χ1) is 52.1. The maximum atomic E-state index is 10.9. The van der Waals surface area contributed by atoms with Crippen LogP contribution in [0.25, 0.3) is 0 Å². The number of hydrogen-bond acceptors (Lipinski definition) is 8. The minimum atomic E-state index is -0.0383. The molecule has 0 spiro atoms. The summed E-state index contributed by atoms with van der Waals surface area (Å²) in [6.07, 6.45) is 56.7. The van der Waals surface area contributed by atoms with Gasteiger partial charge in [0.1, 0.15) is 24.8 Å². The summed E-state index contributed by atoms with van der Waals surface area (Å²) >= 11 is 0. The molecule has 0 saturated carbocycles. The van der Waals surface area contributed by atoms with Crippen molar-refractivity contribution in [1.29, 1.82) is 0 Å². The third kappa shape index (κ3) is 62.0. The van der Waals surface area contributed by atoms with E-state index >= 15 is 0 Å². The van der Waals surface area contributed by atoms with Gasteiger partial charge in [-0.25, -0.2) is 0 Å². The van der Waals surface area contributed by atoms with Gasteiger partial charge in [0.2, 0.25) is 0 Å². The minimum Gasteiger partial charge on any atom is -0.379 e. The Kier molecular flexibility index (Phi) is 64.8. The van der Waals surface area contributed by atoms with Gasteiger partial charge in [-0.3, -0.25) is 0 Å². The van der Waals surface area contributed by atoms with Crippen LogP contribution in [0.2, 0.25) is 0 Å². The average Bonchev–Trinajstić information content (AvgIpc) is 0.968. The molecule has 8 heteroatoms. The molecule has 2 aromatic carbocycles. The van der Waals surface area contributed by atoms with E-state index in [1.54, 1.807) is 0 Å². The molecule has 0 radical (unpaired) electrons. The summed E-state index contributed by atoms with van der Waals surface area (Å²) in [5.74, 6) is 11.3. The lowest BCUT2D eigenvalue weighted by Crippen LogP contribution is -2.27. The summed E-state index contributed by atoms with van der Waals surface area (Å²) in [5.41, 5.74) is 2.40. The van der Waals surface area contributed by atoms with E-state index in [4.69, 9.17) is 28.4 Å². The van der Waals surface area contributed by atoms with Gasteiger partial charge in [0.05, 0.1) is 39.6 Å². The molecule has 2 rings (SSSR count). The van der Waals surface area contributed by atoms with Gasteiger partial charge < -0.3 is 38.0 Å². The summed E-state index contributed by atoms with van der Waals surface area (Å²) in [5, 5.41) is 0. The molecule has 8 nitrogen and oxygen atoms in total. The number of carbonyl (C=O) groups excluding carboxylic acids is 2. The summed E-state index contributed by atoms with van der Waals surface area (Å²) in [6, 6.07) is 20.9. The number of ether oxygens (including phenoxy) is 6. The predicted molar refractivity (Wildman–Crippen MR) is 466 cm³/mol. The molecule has 18 atom stereocenters. The first-order valence-electron chi connectivity index (χ1n) is 46.6. The Balaban J connectivity index is 1.50. The van der Waals surface area contributed by atoms with Crippen LogP contribution >= 0.6 is 0 Å². The zero-order chi connectivity index (χ0) is 79.0. The molecule has 0 amide bonds. The van der Waals surface area contributed by atoms with Crippen LogP contribution < -0.4 is 0 Å². The monoisotopic (exact) mass is 1510 g/mol. The van der Waals surface area contributed by atoms with Crippen molar-refractivity contribution in [3.05, 3.63) is 71.8 Å². The Bertz CT molecular complexity index is 2090. The van der Waals surface area contributed by atoms with Crippen LogP contribution in [0.4, 0.5) is 0 Å². The Hall–Kier alpha value is -2.46. The van der Waals surface area contributed by atoms with E-state index in [9.17, 15) is 9.59 Å². The molecule has 0 unspecified atom stereocenters. The number of aldehydes is 2. The van der Waals surface area contributed by atoms with Crippen LogP contribution in [0.1, 0.15) is 392 Å². The lowest BCUT2D eigenvalue weighted by molar-refractivity contribution is -0.111. The molecule has 2 aromatic rings. The molecule has 0 bridgehead atoms. The molecule has 0 heterocycles. The summed E-state index contributed by atoms with van der Waals surface area (Å²) in [4.78, 5) is 21.9. The standard InChI is InChI=1S/C100H182O8/c1-81(35-23-37-83(3)45-29-53-91(11)65-69-103-77-99(79-105-75-97-59-19-17-20-60-97)107-71-67-93(13)55-31-47-85(5)39-25-41-87(7)49-33-57-95(15)73-101)43-27-51-89(9)63-64-90(10)52-28-44-82(2)36-24-38-84(4)46-30-54-92(12)66-70-104-78-100(80-106-76-98-61-21-18-22-62-98)108-72-68-94(14)56-32-48-86(6)40-26-42-88(8)50-34-58-96(16)74-102/h17-22,59-62,73-74,81-96,99-100H,23-58,63-72,75-80H2,1-16H3/t81-,82-,83+,84+,85+,86+,87-,88-,89-,90-,91+,92+,93+,94+,95-,96+,99-,100-/m0/s1. The van der Waals surface area contributed by atoms with Crippen LogP contribution in [0, 0.1) is 94.7 Å². The van der Waals surface area contributed by atoms with Gasteiger partial charge in [-0.1, -0.05) is 403 Å². The molecular formula is C100H182O8. The number of rotatable bonds is 79. The highest BCUT2D eigenvalue weighted by atomic mass is 16.6. The fraction of sp³-hybridized carbons (Fsp3) is 0.860. The topological polar surface area (TPSA) is 89.5 Å². The van der Waals surface area contributed by atoms with Crippen molar-refractivity contribution in [3.63, 3.8) is 0 Å². The highest BCUT2D eigenvalue weighted by molar-refractivity contribution is 5.52. The minimum absolute atomic E-state index is 0.0383. The van der Waals surface area contributed by atoms with Gasteiger partial charge in [0.15, 0.2) is 0 Å². The number of benzene rings is 2. The lowest BCUT2D eigenvalue weighted by Gasteiger charge is -2.21. The van der Waals surface area contributed by atoms with Crippen LogP contribution in [0.3, 0.4) is 0 Å². The van der Waals surface area contributed by atoms with Crippen LogP contribution in [0.5, 0.6) is 0 Å². The number of carbonyl (C=O) groups is 2. The SMILES string of the molecule is C[C@H](CCC[C@H](C)CCC[C@H](C)CC[C@@H](C)CCC[C@@H](C)CCC[C@@H](C)CCC[C@@H](C)CCOC[C@@H](COCc1ccccc1)OCC[C@H](C)CCC[C@H](C)CCC[C@H](C)CCC[C@@H](C)C=O)CCC[C@@H](C)CCOC[C@@H](COCc1ccccc1)OCC[C@H](C)CCC[C@H](C)CCC[C@H](C)CCC[C@H](C)C=O. The fourth-order valence-corrected chi connectivity index (χ4v) is 16.4. The maximum absolute atomic E-state index is 10.9. The Labute approximate surface area is 672 Å². The molecule has 0 saturated heterocycles. The van der Waals surface area contributed by atoms with Crippen molar-refractivity contribution in [1.82, 2.24) is 0 Å². The van der Waals surface area contributed by atoms with E-state index in [0.29, 0.717) is 63.3 Å². The highest BCUT2D eigenvalue weighted by Crippen LogP contribution is 2.30. The van der Waals surface area contributed by atoms with Gasteiger partial charge in [-0.15, -0.1) is 0 Å². The zero-order valence-corrected chi connectivity index (χ0v) is 74.4. The van der Waals surface area contributed by atoms with E-state index in [1.807, 2.05) is 13.8 Å². The van der Waals surface area contributed by atoms with Crippen LogP contribution in [-0.2, 0) is 51.2 Å². The van der Waals surface area contributed by atoms with Crippen LogP contribution in [-0.4, -0.2) is 77.6 Å². The molecule has 0 N–H and O–H groups in total. The Morgan fingerprint density at radius 2 is 0.407 bits per heavy atom. The maximum Gasteiger partial charge on any atom is 0.122 e. The van der Waals surface area contributed by atoms with E-state index in [-0.39, 0.29) is 24.0 Å². The molecule has 108 heavy (non-hydrogen) atoms. The summed E-state index contributed by atoms with van der Waals surface area (Å²) in [7, 11) is 0. The Morgan fingerprint density at radius 3 is 0.630 bits per heavy atom. The van der Waals surface area contributed by atoms with E-state index in [2.05, 4.69) is 158 Å². The molecular weight excluding hydrogens is 1330 g/mol. The average molecular weight is 1510 g/mol. The van der Waals surface area contributed by atoms with Crippen molar-refractivity contribution >= 4 is 12.6 Å². The van der Waals surface area contributed by atoms with Crippen molar-refractivity contribution in [2.24, 2.45) is 94.7 Å². The third-order valence-electron chi connectivity index (χ3n) is 25.1. The second kappa shape index (κ2) is 68.9. The third-order valence-corrected chi connectivity index (χ3v) is 25.1. The van der Waals surface area contributed by atoms with Crippen molar-refractivity contribution in [2.45, 2.75) is 406 Å². The van der Waals surface area contributed by atoms with Crippen molar-refractivity contribution < 1.29 is 38.0 Å². The second-order valence-corrected chi connectivity index (χ2v) is 37.7. The van der Waals surface area contributed by atoms with E-state index < -0.39 is 0 Å². The van der Waals surface area contributed by atoms with Crippen molar-refractivity contribution in [2.75, 3.05) is 52.9 Å². The van der Waals surface area contributed by atoms with Gasteiger partial charge >= 0.3 is 0 Å². The second-order valence-electron chi connectivity index (χ2n) is 37.7. The smallest absolute Gasteiger partial charge is 0.122 e. The van der Waals surface area contributed by atoms with E-state index in [0.717, 1.165) is 137 Å². The van der Waals surface area contributed by atoms with Gasteiger partial charge in [-0.05, 0) is 133 Å². The Morgan fingerprint density at radius 1 is 0.222 bits per heavy atom. The molecule has 0 fully saturated rings. The zero-order valence-electron chi connectivity index (χ0n) is 74.4. The number of hydrogen-bond donors (Lipinski definition) is 0. The quantitative estimate of drug-likeness (QED) is 0.0478. The fourth-order valence-electron chi connectivity index (χ4n) is 16.4. The summed E-state index contributed by atoms with van der Waals surface area (Å²) < 4.78 is 38.0. The van der Waals surface area contributed by atoms with Crippen LogP contribution in [0.15, 0.2) is 60.7 Å².